The summed E-state index contributed by atoms with van der Waals surface area (Å²) < 4.78 is 0. The van der Waals surface area contributed by atoms with Crippen molar-refractivity contribution in [3.05, 3.63) is 0 Å². The smallest absolute Gasteiger partial charge is 0.0494 e. The number of aliphatic hydroxyl groups is 1. The molecule has 0 atom stereocenters. The topological polar surface area (TPSA) is 23.5 Å². The first-order valence-electron chi connectivity index (χ1n) is 5.28. The van der Waals surface area contributed by atoms with Crippen LogP contribution >= 0.6 is 0 Å². The molecule has 0 aromatic carbocycles. The number of likely N-dealkylation sites (tertiary alicyclic amines) is 1. The quantitative estimate of drug-likeness (QED) is 0.719. The minimum atomic E-state index is 0.0714. The van der Waals surface area contributed by atoms with Crippen molar-refractivity contribution >= 4 is 0 Å². The molecule has 1 N–H and O–H groups in total. The Labute approximate surface area is 81.9 Å². The first-order chi connectivity index (χ1) is 5.94. The van der Waals surface area contributed by atoms with E-state index in [0.717, 1.165) is 18.4 Å². The molecule has 1 heterocycles. The fraction of sp³-hybridized carbons (Fsp3) is 1.00. The van der Waals surface area contributed by atoms with Gasteiger partial charge in [0.05, 0.1) is 0 Å². The molecular weight excluding hydrogens is 162 g/mol. The molecule has 0 amide bonds. The Bertz CT molecular complexity index is 159. The van der Waals surface area contributed by atoms with E-state index in [0.29, 0.717) is 0 Å². The van der Waals surface area contributed by atoms with E-state index in [1.165, 1.54) is 13.1 Å². The van der Waals surface area contributed by atoms with Gasteiger partial charge in [0.15, 0.2) is 0 Å². The molecule has 0 bridgehead atoms. The monoisotopic (exact) mass is 185 g/mol. The Morgan fingerprint density at radius 2 is 1.92 bits per heavy atom. The molecule has 0 saturated carbocycles. The van der Waals surface area contributed by atoms with E-state index in [4.69, 9.17) is 5.11 Å². The standard InChI is InChI=1S/C11H23NO/c1-9(2)10-5-12(6-10)7-11(3,4)8-13/h9-10,13H,5-8H2,1-4H3. The molecule has 2 heteroatoms. The Hall–Kier alpha value is -0.0800. The third-order valence-corrected chi connectivity index (χ3v) is 3.01. The largest absolute Gasteiger partial charge is 0.396 e. The zero-order valence-electron chi connectivity index (χ0n) is 9.38. The van der Waals surface area contributed by atoms with E-state index in [9.17, 15) is 0 Å². The van der Waals surface area contributed by atoms with Gasteiger partial charge in [0, 0.05) is 31.7 Å². The molecule has 13 heavy (non-hydrogen) atoms. The maximum Gasteiger partial charge on any atom is 0.0494 e. The van der Waals surface area contributed by atoms with Crippen molar-refractivity contribution in [2.75, 3.05) is 26.2 Å². The zero-order chi connectivity index (χ0) is 10.1. The second-order valence-electron chi connectivity index (χ2n) is 5.52. The van der Waals surface area contributed by atoms with Gasteiger partial charge in [-0.1, -0.05) is 27.7 Å². The van der Waals surface area contributed by atoms with Crippen molar-refractivity contribution in [1.82, 2.24) is 4.90 Å². The molecule has 1 aliphatic rings. The van der Waals surface area contributed by atoms with E-state index in [-0.39, 0.29) is 12.0 Å². The molecule has 1 aliphatic heterocycles. The van der Waals surface area contributed by atoms with Crippen molar-refractivity contribution in [1.29, 1.82) is 0 Å². The van der Waals surface area contributed by atoms with Gasteiger partial charge in [0.2, 0.25) is 0 Å². The van der Waals surface area contributed by atoms with Crippen molar-refractivity contribution in [2.45, 2.75) is 27.7 Å². The molecule has 0 aromatic heterocycles. The summed E-state index contributed by atoms with van der Waals surface area (Å²) in [5.74, 6) is 1.70. The number of rotatable bonds is 4. The fourth-order valence-electron chi connectivity index (χ4n) is 1.82. The summed E-state index contributed by atoms with van der Waals surface area (Å²) in [6.07, 6.45) is 0. The summed E-state index contributed by atoms with van der Waals surface area (Å²) in [6, 6.07) is 0. The maximum atomic E-state index is 9.11. The van der Waals surface area contributed by atoms with Gasteiger partial charge in [0.25, 0.3) is 0 Å². The molecule has 0 unspecified atom stereocenters. The Balaban J connectivity index is 2.21. The van der Waals surface area contributed by atoms with Crippen LogP contribution in [-0.4, -0.2) is 36.2 Å². The third-order valence-electron chi connectivity index (χ3n) is 3.01. The van der Waals surface area contributed by atoms with Crippen molar-refractivity contribution in [3.8, 4) is 0 Å². The highest BCUT2D eigenvalue weighted by molar-refractivity contribution is 4.85. The first kappa shape index (κ1) is 11.0. The van der Waals surface area contributed by atoms with Crippen LogP contribution < -0.4 is 0 Å². The van der Waals surface area contributed by atoms with Crippen molar-refractivity contribution in [3.63, 3.8) is 0 Å². The summed E-state index contributed by atoms with van der Waals surface area (Å²) in [4.78, 5) is 2.45. The lowest BCUT2D eigenvalue weighted by molar-refractivity contribution is 0.0162. The van der Waals surface area contributed by atoms with Gasteiger partial charge in [0.1, 0.15) is 0 Å². The number of nitrogens with zero attached hydrogens (tertiary/aromatic N) is 1. The van der Waals surface area contributed by atoms with E-state index in [2.05, 4.69) is 32.6 Å². The normalized spacial score (nSPS) is 20.8. The van der Waals surface area contributed by atoms with Crippen LogP contribution in [0, 0.1) is 17.3 Å². The number of hydrogen-bond donors (Lipinski definition) is 1. The van der Waals surface area contributed by atoms with Gasteiger partial charge in [-0.15, -0.1) is 0 Å². The van der Waals surface area contributed by atoms with Crippen LogP contribution in [0.3, 0.4) is 0 Å². The zero-order valence-corrected chi connectivity index (χ0v) is 9.38. The van der Waals surface area contributed by atoms with Gasteiger partial charge < -0.3 is 10.0 Å². The highest BCUT2D eigenvalue weighted by atomic mass is 16.3. The molecule has 0 aliphatic carbocycles. The molecule has 0 aromatic rings. The van der Waals surface area contributed by atoms with Crippen LogP contribution in [-0.2, 0) is 0 Å². The van der Waals surface area contributed by atoms with Crippen LogP contribution in [0.5, 0.6) is 0 Å². The molecular formula is C11H23NO. The van der Waals surface area contributed by atoms with E-state index < -0.39 is 0 Å². The highest BCUT2D eigenvalue weighted by Gasteiger charge is 2.32. The second kappa shape index (κ2) is 3.97. The molecule has 78 valence electrons. The predicted molar refractivity (Wildman–Crippen MR) is 55.6 cm³/mol. The Morgan fingerprint density at radius 3 is 2.31 bits per heavy atom. The summed E-state index contributed by atoms with van der Waals surface area (Å²) in [5.41, 5.74) is 0.0714. The van der Waals surface area contributed by atoms with E-state index >= 15 is 0 Å². The first-order valence-corrected chi connectivity index (χ1v) is 5.28. The maximum absolute atomic E-state index is 9.11. The van der Waals surface area contributed by atoms with Crippen LogP contribution in [0.1, 0.15) is 27.7 Å². The van der Waals surface area contributed by atoms with Gasteiger partial charge in [-0.3, -0.25) is 0 Å². The summed E-state index contributed by atoms with van der Waals surface area (Å²) in [7, 11) is 0. The minimum Gasteiger partial charge on any atom is -0.396 e. The summed E-state index contributed by atoms with van der Waals surface area (Å²) in [5, 5.41) is 9.11. The average Bonchev–Trinajstić information content (AvgIpc) is 1.95. The molecule has 0 radical (unpaired) electrons. The van der Waals surface area contributed by atoms with Crippen LogP contribution in [0.25, 0.3) is 0 Å². The SMILES string of the molecule is CC(C)C1CN(CC(C)(C)CO)C1. The van der Waals surface area contributed by atoms with Crippen LogP contribution in [0.2, 0.25) is 0 Å². The molecule has 2 nitrogen and oxygen atoms in total. The lowest BCUT2D eigenvalue weighted by Gasteiger charge is -2.44. The van der Waals surface area contributed by atoms with Crippen LogP contribution in [0.15, 0.2) is 0 Å². The summed E-state index contributed by atoms with van der Waals surface area (Å²) in [6.45, 7) is 12.6. The Morgan fingerprint density at radius 1 is 1.38 bits per heavy atom. The minimum absolute atomic E-state index is 0.0714. The van der Waals surface area contributed by atoms with Crippen molar-refractivity contribution < 1.29 is 5.11 Å². The van der Waals surface area contributed by atoms with E-state index in [1.807, 2.05) is 0 Å². The van der Waals surface area contributed by atoms with Gasteiger partial charge in [-0.2, -0.15) is 0 Å². The molecule has 0 spiro atoms. The molecule has 1 rings (SSSR count). The molecule has 1 saturated heterocycles. The van der Waals surface area contributed by atoms with Gasteiger partial charge in [-0.05, 0) is 11.8 Å². The molecule has 1 fully saturated rings. The third kappa shape index (κ3) is 2.96. The second-order valence-corrected chi connectivity index (χ2v) is 5.52. The fourth-order valence-corrected chi connectivity index (χ4v) is 1.82. The predicted octanol–water partition coefficient (Wildman–Crippen LogP) is 1.59. The average molecular weight is 185 g/mol. The number of aliphatic hydroxyl groups excluding tert-OH is 1. The highest BCUT2D eigenvalue weighted by Crippen LogP contribution is 2.27. The van der Waals surface area contributed by atoms with E-state index in [1.54, 1.807) is 0 Å². The van der Waals surface area contributed by atoms with Gasteiger partial charge >= 0.3 is 0 Å². The van der Waals surface area contributed by atoms with Gasteiger partial charge in [-0.25, -0.2) is 0 Å². The lowest BCUT2D eigenvalue weighted by Crippen LogP contribution is -2.52. The number of hydrogen-bond acceptors (Lipinski definition) is 2. The van der Waals surface area contributed by atoms with Crippen LogP contribution in [0.4, 0.5) is 0 Å². The Kier molecular flexibility index (Phi) is 3.36. The van der Waals surface area contributed by atoms with Crippen molar-refractivity contribution in [2.24, 2.45) is 17.3 Å². The summed E-state index contributed by atoms with van der Waals surface area (Å²) >= 11 is 0. The lowest BCUT2D eigenvalue weighted by atomic mass is 9.85.